The molecule has 3 heteroatoms. The van der Waals surface area contributed by atoms with Gasteiger partial charge in [0, 0.05) is 0 Å². The lowest BCUT2D eigenvalue weighted by Gasteiger charge is -2.05. The SMILES string of the molecule is C=C(C)c1nonc1C(=C)C(C)C. The second-order valence-corrected chi connectivity index (χ2v) is 3.42. The standard InChI is InChI=1S/C10H14N2O/c1-6(2)8(5)10-9(7(3)4)11-13-12-10/h6H,3,5H2,1-2,4H3. The minimum absolute atomic E-state index is 0.338. The van der Waals surface area contributed by atoms with Gasteiger partial charge in [-0.1, -0.05) is 27.0 Å². The zero-order chi connectivity index (χ0) is 10.0. The summed E-state index contributed by atoms with van der Waals surface area (Å²) in [7, 11) is 0. The van der Waals surface area contributed by atoms with Crippen LogP contribution in [0.4, 0.5) is 0 Å². The van der Waals surface area contributed by atoms with Gasteiger partial charge in [-0.25, -0.2) is 4.63 Å². The first kappa shape index (κ1) is 9.71. The van der Waals surface area contributed by atoms with Gasteiger partial charge in [0.15, 0.2) is 0 Å². The van der Waals surface area contributed by atoms with Crippen molar-refractivity contribution >= 4 is 11.1 Å². The molecule has 0 N–H and O–H groups in total. The third-order valence-electron chi connectivity index (χ3n) is 1.89. The van der Waals surface area contributed by atoms with Gasteiger partial charge in [-0.3, -0.25) is 0 Å². The van der Waals surface area contributed by atoms with Crippen molar-refractivity contribution in [2.45, 2.75) is 20.8 Å². The summed E-state index contributed by atoms with van der Waals surface area (Å²) in [4.78, 5) is 0. The molecule has 0 aliphatic heterocycles. The quantitative estimate of drug-likeness (QED) is 0.714. The summed E-state index contributed by atoms with van der Waals surface area (Å²) in [6, 6.07) is 0. The summed E-state index contributed by atoms with van der Waals surface area (Å²) >= 11 is 0. The second-order valence-electron chi connectivity index (χ2n) is 3.42. The highest BCUT2D eigenvalue weighted by molar-refractivity contribution is 5.72. The number of nitrogens with zero attached hydrogens (tertiary/aromatic N) is 2. The van der Waals surface area contributed by atoms with E-state index in [0.717, 1.165) is 16.8 Å². The van der Waals surface area contributed by atoms with Crippen molar-refractivity contribution in [3.63, 3.8) is 0 Å². The number of rotatable bonds is 3. The molecule has 0 radical (unpaired) electrons. The molecule has 0 atom stereocenters. The second kappa shape index (κ2) is 3.56. The van der Waals surface area contributed by atoms with Crippen LogP contribution in [0.15, 0.2) is 17.8 Å². The van der Waals surface area contributed by atoms with Crippen molar-refractivity contribution in [2.75, 3.05) is 0 Å². The van der Waals surface area contributed by atoms with Crippen LogP contribution < -0.4 is 0 Å². The molecule has 0 saturated carbocycles. The van der Waals surface area contributed by atoms with Crippen LogP contribution in [0.25, 0.3) is 11.1 Å². The van der Waals surface area contributed by atoms with Gasteiger partial charge in [0.05, 0.1) is 0 Å². The van der Waals surface area contributed by atoms with E-state index in [1.807, 2.05) is 6.92 Å². The highest BCUT2D eigenvalue weighted by Gasteiger charge is 2.15. The lowest BCUT2D eigenvalue weighted by molar-refractivity contribution is 0.304. The maximum Gasteiger partial charge on any atom is 0.138 e. The van der Waals surface area contributed by atoms with Gasteiger partial charge in [-0.15, -0.1) is 0 Å². The summed E-state index contributed by atoms with van der Waals surface area (Å²) in [6.45, 7) is 13.7. The Morgan fingerprint density at radius 1 is 1.23 bits per heavy atom. The Bertz CT molecular complexity index is 336. The Kier molecular flexibility index (Phi) is 2.66. The molecule has 0 spiro atoms. The van der Waals surface area contributed by atoms with Crippen LogP contribution in [0.3, 0.4) is 0 Å². The molecule has 0 aromatic carbocycles. The highest BCUT2D eigenvalue weighted by atomic mass is 16.6. The van der Waals surface area contributed by atoms with Gasteiger partial charge >= 0.3 is 0 Å². The van der Waals surface area contributed by atoms with E-state index < -0.39 is 0 Å². The van der Waals surface area contributed by atoms with Crippen molar-refractivity contribution in [3.05, 3.63) is 24.5 Å². The number of aromatic nitrogens is 2. The molecule has 0 amide bonds. The van der Waals surface area contributed by atoms with Crippen LogP contribution in [-0.4, -0.2) is 10.3 Å². The van der Waals surface area contributed by atoms with Gasteiger partial charge in [-0.2, -0.15) is 0 Å². The summed E-state index contributed by atoms with van der Waals surface area (Å²) in [5.74, 6) is 0.338. The van der Waals surface area contributed by atoms with Crippen molar-refractivity contribution in [2.24, 2.45) is 5.92 Å². The van der Waals surface area contributed by atoms with E-state index >= 15 is 0 Å². The Labute approximate surface area is 78.1 Å². The fraction of sp³-hybridized carbons (Fsp3) is 0.400. The van der Waals surface area contributed by atoms with Crippen molar-refractivity contribution < 1.29 is 4.63 Å². The normalized spacial score (nSPS) is 10.5. The Morgan fingerprint density at radius 2 is 1.77 bits per heavy atom. The summed E-state index contributed by atoms with van der Waals surface area (Å²) in [6.07, 6.45) is 0. The molecule has 0 saturated heterocycles. The first-order valence-corrected chi connectivity index (χ1v) is 4.21. The molecule has 0 aliphatic carbocycles. The molecular formula is C10H14N2O. The average Bonchev–Trinajstić information content (AvgIpc) is 2.50. The molecule has 1 aromatic rings. The third-order valence-corrected chi connectivity index (χ3v) is 1.89. The molecular weight excluding hydrogens is 164 g/mol. The van der Waals surface area contributed by atoms with Gasteiger partial charge in [0.25, 0.3) is 0 Å². The van der Waals surface area contributed by atoms with Crippen LogP contribution in [0.2, 0.25) is 0 Å². The summed E-state index contributed by atoms with van der Waals surface area (Å²) < 4.78 is 4.66. The largest absolute Gasteiger partial charge is 0.243 e. The van der Waals surface area contributed by atoms with E-state index in [1.165, 1.54) is 0 Å². The Balaban J connectivity index is 3.08. The average molecular weight is 178 g/mol. The van der Waals surface area contributed by atoms with Gasteiger partial charge < -0.3 is 0 Å². The van der Waals surface area contributed by atoms with E-state index in [9.17, 15) is 0 Å². The van der Waals surface area contributed by atoms with E-state index in [1.54, 1.807) is 0 Å². The number of hydrogen-bond acceptors (Lipinski definition) is 3. The van der Waals surface area contributed by atoms with Crippen LogP contribution >= 0.6 is 0 Å². The predicted molar refractivity (Wildman–Crippen MR) is 52.9 cm³/mol. The first-order chi connectivity index (χ1) is 6.04. The van der Waals surface area contributed by atoms with Gasteiger partial charge in [-0.05, 0) is 34.3 Å². The lowest BCUT2D eigenvalue weighted by Crippen LogP contribution is -1.95. The van der Waals surface area contributed by atoms with Crippen LogP contribution in [-0.2, 0) is 0 Å². The van der Waals surface area contributed by atoms with Crippen molar-refractivity contribution in [1.82, 2.24) is 10.3 Å². The highest BCUT2D eigenvalue weighted by Crippen LogP contribution is 2.24. The zero-order valence-electron chi connectivity index (χ0n) is 8.29. The maximum absolute atomic E-state index is 4.66. The first-order valence-electron chi connectivity index (χ1n) is 4.21. The van der Waals surface area contributed by atoms with Crippen molar-refractivity contribution in [1.29, 1.82) is 0 Å². The van der Waals surface area contributed by atoms with Crippen molar-refractivity contribution in [3.8, 4) is 0 Å². The van der Waals surface area contributed by atoms with E-state index in [0.29, 0.717) is 11.6 Å². The van der Waals surface area contributed by atoms with Crippen LogP contribution in [0.5, 0.6) is 0 Å². The van der Waals surface area contributed by atoms with Gasteiger partial charge in [0.1, 0.15) is 11.4 Å². The monoisotopic (exact) mass is 178 g/mol. The van der Waals surface area contributed by atoms with Crippen LogP contribution in [0.1, 0.15) is 32.2 Å². The predicted octanol–water partition coefficient (Wildman–Crippen LogP) is 2.77. The van der Waals surface area contributed by atoms with E-state index in [4.69, 9.17) is 0 Å². The molecule has 0 bridgehead atoms. The maximum atomic E-state index is 4.66. The zero-order valence-corrected chi connectivity index (χ0v) is 8.29. The Morgan fingerprint density at radius 3 is 2.23 bits per heavy atom. The lowest BCUT2D eigenvalue weighted by atomic mass is 9.99. The fourth-order valence-corrected chi connectivity index (χ4v) is 0.953. The third kappa shape index (κ3) is 1.86. The smallest absolute Gasteiger partial charge is 0.138 e. The molecule has 0 unspecified atom stereocenters. The molecule has 0 fully saturated rings. The number of hydrogen-bond donors (Lipinski definition) is 0. The molecule has 1 heterocycles. The number of allylic oxidation sites excluding steroid dienone is 2. The minimum atomic E-state index is 0.338. The molecule has 70 valence electrons. The molecule has 1 rings (SSSR count). The van der Waals surface area contributed by atoms with E-state index in [2.05, 4.69) is 41.9 Å². The molecule has 1 aromatic heterocycles. The Hall–Kier alpha value is -1.38. The summed E-state index contributed by atoms with van der Waals surface area (Å²) in [5, 5.41) is 7.58. The van der Waals surface area contributed by atoms with Gasteiger partial charge in [0.2, 0.25) is 0 Å². The minimum Gasteiger partial charge on any atom is -0.243 e. The molecule has 13 heavy (non-hydrogen) atoms. The molecule has 0 aliphatic rings. The summed E-state index contributed by atoms with van der Waals surface area (Å²) in [5.41, 5.74) is 3.21. The van der Waals surface area contributed by atoms with E-state index in [-0.39, 0.29) is 0 Å². The molecule has 3 nitrogen and oxygen atoms in total. The topological polar surface area (TPSA) is 38.9 Å². The van der Waals surface area contributed by atoms with Crippen LogP contribution in [0, 0.1) is 5.92 Å². The fourth-order valence-electron chi connectivity index (χ4n) is 0.953.